The Morgan fingerprint density at radius 3 is 2.47 bits per heavy atom. The molecule has 9 nitrogen and oxygen atoms in total. The summed E-state index contributed by atoms with van der Waals surface area (Å²) in [6.07, 6.45) is 2.23. The van der Waals surface area contributed by atoms with Gasteiger partial charge in [-0.25, -0.2) is 13.1 Å². The van der Waals surface area contributed by atoms with Crippen molar-refractivity contribution in [3.8, 4) is 0 Å². The molecule has 2 aromatic rings. The van der Waals surface area contributed by atoms with Crippen LogP contribution in [0.5, 0.6) is 0 Å². The highest BCUT2D eigenvalue weighted by molar-refractivity contribution is 7.89. The third-order valence-electron chi connectivity index (χ3n) is 5.11. The first-order valence-corrected chi connectivity index (χ1v) is 11.1. The van der Waals surface area contributed by atoms with Crippen LogP contribution in [0.4, 0.5) is 5.69 Å². The molecule has 0 atom stereocenters. The van der Waals surface area contributed by atoms with E-state index >= 15 is 0 Å². The van der Waals surface area contributed by atoms with Crippen LogP contribution in [-0.2, 0) is 15.4 Å². The number of nitro benzene ring substituents is 1. The predicted molar refractivity (Wildman–Crippen MR) is 115 cm³/mol. The van der Waals surface area contributed by atoms with Crippen LogP contribution in [0.3, 0.4) is 0 Å². The molecule has 0 spiro atoms. The van der Waals surface area contributed by atoms with Crippen LogP contribution in [0.2, 0.25) is 0 Å². The smallest absolute Gasteiger partial charge is 0.270 e. The molecule has 1 aliphatic carbocycles. The Balaban J connectivity index is 1.47. The highest BCUT2D eigenvalue weighted by Crippen LogP contribution is 2.47. The highest BCUT2D eigenvalue weighted by Gasteiger charge is 2.43. The van der Waals surface area contributed by atoms with Gasteiger partial charge in [-0.05, 0) is 24.5 Å². The topological polar surface area (TPSA) is 126 Å². The van der Waals surface area contributed by atoms with Gasteiger partial charge in [0.2, 0.25) is 10.0 Å². The van der Waals surface area contributed by atoms with Crippen molar-refractivity contribution in [3.05, 3.63) is 70.3 Å². The van der Waals surface area contributed by atoms with E-state index in [1.165, 1.54) is 23.8 Å². The van der Waals surface area contributed by atoms with E-state index in [0.29, 0.717) is 12.5 Å². The van der Waals surface area contributed by atoms with Crippen molar-refractivity contribution in [1.29, 1.82) is 0 Å². The van der Waals surface area contributed by atoms with E-state index in [-0.39, 0.29) is 22.5 Å². The molecule has 0 aromatic heterocycles. The molecule has 0 heterocycles. The third-order valence-corrected chi connectivity index (χ3v) is 6.56. The van der Waals surface area contributed by atoms with Gasteiger partial charge in [-0.3, -0.25) is 15.1 Å². The van der Waals surface area contributed by atoms with Gasteiger partial charge in [0.1, 0.15) is 0 Å². The monoisotopic (exact) mass is 431 g/mol. The molecule has 1 aliphatic rings. The molecular weight excluding hydrogens is 406 g/mol. The van der Waals surface area contributed by atoms with Gasteiger partial charge in [0.15, 0.2) is 5.96 Å². The molecule has 160 valence electrons. The van der Waals surface area contributed by atoms with Crippen LogP contribution in [0.25, 0.3) is 0 Å². The zero-order valence-electron chi connectivity index (χ0n) is 16.7. The van der Waals surface area contributed by atoms with Crippen LogP contribution in [-0.4, -0.2) is 46.0 Å². The second-order valence-electron chi connectivity index (χ2n) is 7.15. The molecular formula is C20H25N5O4S. The lowest BCUT2D eigenvalue weighted by Gasteiger charge is -2.19. The van der Waals surface area contributed by atoms with E-state index in [4.69, 9.17) is 0 Å². The Kier molecular flexibility index (Phi) is 6.68. The van der Waals surface area contributed by atoms with Gasteiger partial charge in [0.25, 0.3) is 5.69 Å². The summed E-state index contributed by atoms with van der Waals surface area (Å²) in [5.74, 6) is 0.590. The molecule has 0 saturated heterocycles. The summed E-state index contributed by atoms with van der Waals surface area (Å²) < 4.78 is 27.1. The number of guanidine groups is 1. The van der Waals surface area contributed by atoms with E-state index in [1.54, 1.807) is 7.05 Å². The Morgan fingerprint density at radius 1 is 1.10 bits per heavy atom. The Labute approximate surface area is 175 Å². The summed E-state index contributed by atoms with van der Waals surface area (Å²) in [6, 6.07) is 15.3. The van der Waals surface area contributed by atoms with Crippen molar-refractivity contribution in [3.63, 3.8) is 0 Å². The zero-order chi connectivity index (χ0) is 21.6. The Morgan fingerprint density at radius 2 is 1.83 bits per heavy atom. The maximum atomic E-state index is 12.3. The van der Waals surface area contributed by atoms with Crippen LogP contribution >= 0.6 is 0 Å². The molecule has 1 saturated carbocycles. The first kappa shape index (κ1) is 21.7. The molecule has 0 bridgehead atoms. The predicted octanol–water partition coefficient (Wildman–Crippen LogP) is 1.77. The number of non-ortho nitro benzene ring substituents is 1. The molecule has 0 amide bonds. The number of sulfonamides is 1. The summed E-state index contributed by atoms with van der Waals surface area (Å²) >= 11 is 0. The lowest BCUT2D eigenvalue weighted by atomic mass is 9.96. The van der Waals surface area contributed by atoms with Crippen LogP contribution in [0, 0.1) is 10.1 Å². The number of aliphatic imine (C=N–C) groups is 1. The van der Waals surface area contributed by atoms with Crippen LogP contribution in [0.15, 0.2) is 64.5 Å². The zero-order valence-corrected chi connectivity index (χ0v) is 17.5. The van der Waals surface area contributed by atoms with Crippen molar-refractivity contribution in [2.24, 2.45) is 4.99 Å². The van der Waals surface area contributed by atoms with E-state index in [2.05, 4.69) is 32.5 Å². The van der Waals surface area contributed by atoms with Crippen molar-refractivity contribution >= 4 is 21.7 Å². The van der Waals surface area contributed by atoms with E-state index in [0.717, 1.165) is 25.5 Å². The van der Waals surface area contributed by atoms with Gasteiger partial charge in [-0.2, -0.15) is 0 Å². The maximum Gasteiger partial charge on any atom is 0.270 e. The largest absolute Gasteiger partial charge is 0.356 e. The minimum absolute atomic E-state index is 0.107. The number of rotatable bonds is 9. The number of nitro groups is 1. The van der Waals surface area contributed by atoms with E-state index < -0.39 is 14.9 Å². The highest BCUT2D eigenvalue weighted by atomic mass is 32.2. The lowest BCUT2D eigenvalue weighted by molar-refractivity contribution is -0.385. The summed E-state index contributed by atoms with van der Waals surface area (Å²) in [7, 11) is -2.18. The Hall–Kier alpha value is -2.98. The van der Waals surface area contributed by atoms with Gasteiger partial charge in [0, 0.05) is 44.2 Å². The molecule has 0 aliphatic heterocycles. The normalized spacial score (nSPS) is 15.4. The quantitative estimate of drug-likeness (QED) is 0.183. The van der Waals surface area contributed by atoms with Crippen molar-refractivity contribution in [2.45, 2.75) is 23.2 Å². The van der Waals surface area contributed by atoms with Gasteiger partial charge < -0.3 is 10.6 Å². The van der Waals surface area contributed by atoms with Crippen molar-refractivity contribution in [2.75, 3.05) is 26.7 Å². The molecule has 10 heteroatoms. The molecule has 2 aromatic carbocycles. The number of nitrogens with one attached hydrogen (secondary N) is 3. The van der Waals surface area contributed by atoms with Gasteiger partial charge in [0.05, 0.1) is 9.82 Å². The van der Waals surface area contributed by atoms with Crippen LogP contribution in [0.1, 0.15) is 18.4 Å². The van der Waals surface area contributed by atoms with Gasteiger partial charge in [-0.15, -0.1) is 0 Å². The number of benzene rings is 2. The first-order valence-electron chi connectivity index (χ1n) is 9.60. The Bertz CT molecular complexity index is 1020. The van der Waals surface area contributed by atoms with Gasteiger partial charge in [-0.1, -0.05) is 36.4 Å². The number of hydrogen-bond donors (Lipinski definition) is 3. The molecule has 0 radical (unpaired) electrons. The van der Waals surface area contributed by atoms with E-state index in [1.807, 2.05) is 18.2 Å². The lowest BCUT2D eigenvalue weighted by Crippen LogP contribution is -2.44. The SMILES string of the molecule is CN=C(NCCNS(=O)(=O)c1cccc([N+](=O)[O-])c1)NCC1(c2ccccc2)CC1. The fourth-order valence-corrected chi connectivity index (χ4v) is 4.27. The summed E-state index contributed by atoms with van der Waals surface area (Å²) in [5, 5.41) is 17.2. The average molecular weight is 432 g/mol. The third kappa shape index (κ3) is 5.33. The second kappa shape index (κ2) is 9.23. The number of hydrogen-bond acceptors (Lipinski definition) is 5. The van der Waals surface area contributed by atoms with Gasteiger partial charge >= 0.3 is 0 Å². The van der Waals surface area contributed by atoms with Crippen LogP contribution < -0.4 is 15.4 Å². The summed E-state index contributed by atoms with van der Waals surface area (Å²) in [6.45, 7) is 1.16. The molecule has 3 rings (SSSR count). The first-order chi connectivity index (χ1) is 14.4. The summed E-state index contributed by atoms with van der Waals surface area (Å²) in [5.41, 5.74) is 1.16. The average Bonchev–Trinajstić information content (AvgIpc) is 3.55. The minimum atomic E-state index is -3.84. The molecule has 0 unspecified atom stereocenters. The maximum absolute atomic E-state index is 12.3. The number of nitrogens with zero attached hydrogens (tertiary/aromatic N) is 2. The fourth-order valence-electron chi connectivity index (χ4n) is 3.20. The molecule has 30 heavy (non-hydrogen) atoms. The van der Waals surface area contributed by atoms with Crippen molar-refractivity contribution < 1.29 is 13.3 Å². The molecule has 1 fully saturated rings. The summed E-state index contributed by atoms with van der Waals surface area (Å²) in [4.78, 5) is 14.2. The standard InChI is InChI=1S/C20H25N5O4S/c1-21-19(23-15-20(10-11-20)16-6-3-2-4-7-16)22-12-13-24-30(28,29)18-9-5-8-17(14-18)25(26)27/h2-9,14,24H,10-13,15H2,1H3,(H2,21,22,23). The minimum Gasteiger partial charge on any atom is -0.356 e. The fraction of sp³-hybridized carbons (Fsp3) is 0.350. The molecule has 3 N–H and O–H groups in total. The van der Waals surface area contributed by atoms with E-state index in [9.17, 15) is 18.5 Å². The van der Waals surface area contributed by atoms with Crippen molar-refractivity contribution in [1.82, 2.24) is 15.4 Å². The second-order valence-corrected chi connectivity index (χ2v) is 8.92.